The third kappa shape index (κ3) is 4.65. The van der Waals surface area contributed by atoms with Crippen LogP contribution in [0.3, 0.4) is 0 Å². The molecule has 2 heterocycles. The second-order valence-corrected chi connectivity index (χ2v) is 12.6. The quantitative estimate of drug-likeness (QED) is 0.437. The van der Waals surface area contributed by atoms with Crippen LogP contribution in [-0.4, -0.2) is 41.2 Å². The number of halogens is 3. The average molecular weight is 548 g/mol. The van der Waals surface area contributed by atoms with Crippen LogP contribution in [0.15, 0.2) is 36.4 Å². The molecule has 1 unspecified atom stereocenters. The molecule has 0 aromatic heterocycles. The highest BCUT2D eigenvalue weighted by molar-refractivity contribution is 6.31. The molecule has 1 saturated carbocycles. The van der Waals surface area contributed by atoms with Gasteiger partial charge in [-0.1, -0.05) is 56.1 Å². The van der Waals surface area contributed by atoms with Crippen LogP contribution in [0, 0.1) is 11.2 Å². The van der Waals surface area contributed by atoms with E-state index in [1.54, 1.807) is 18.2 Å². The Morgan fingerprint density at radius 1 is 1.22 bits per heavy atom. The monoisotopic (exact) mass is 547 g/mol. The number of aliphatic hydroxyl groups is 1. The Labute approximate surface area is 226 Å². The lowest BCUT2D eigenvalue weighted by Crippen LogP contribution is -2.49. The first-order chi connectivity index (χ1) is 17.4. The zero-order chi connectivity index (χ0) is 26.7. The van der Waals surface area contributed by atoms with Gasteiger partial charge in [0.15, 0.2) is 0 Å². The molecule has 2 amide bonds. The van der Waals surface area contributed by atoms with Gasteiger partial charge < -0.3 is 21.1 Å². The molecule has 1 aliphatic carbocycles. The SMILES string of the molecule is CC(C)(C)C[C@H]1N[C@@H](C(=O)NC2CC[C@H](O)C2)[C@H](c2cccc(Cl)c2)[C@@]12C(=O)Nc1cc(Cl)c(F)cc12. The van der Waals surface area contributed by atoms with Crippen LogP contribution in [-0.2, 0) is 15.0 Å². The number of benzene rings is 2. The Morgan fingerprint density at radius 3 is 2.62 bits per heavy atom. The maximum atomic E-state index is 14.9. The molecule has 6 atom stereocenters. The van der Waals surface area contributed by atoms with Gasteiger partial charge >= 0.3 is 0 Å². The minimum atomic E-state index is -1.28. The third-order valence-electron chi connectivity index (χ3n) is 7.94. The van der Waals surface area contributed by atoms with Gasteiger partial charge in [-0.3, -0.25) is 9.59 Å². The van der Waals surface area contributed by atoms with E-state index in [9.17, 15) is 19.1 Å². The molecule has 37 heavy (non-hydrogen) atoms. The van der Waals surface area contributed by atoms with Crippen molar-refractivity contribution in [2.75, 3.05) is 5.32 Å². The van der Waals surface area contributed by atoms with Crippen LogP contribution in [0.2, 0.25) is 10.0 Å². The molecule has 2 fully saturated rings. The Kier molecular flexibility index (Phi) is 6.80. The summed E-state index contributed by atoms with van der Waals surface area (Å²) < 4.78 is 14.9. The van der Waals surface area contributed by atoms with Crippen molar-refractivity contribution in [1.82, 2.24) is 10.6 Å². The molecule has 2 aromatic carbocycles. The molecule has 3 aliphatic rings. The van der Waals surface area contributed by atoms with E-state index >= 15 is 0 Å². The first-order valence-corrected chi connectivity index (χ1v) is 13.5. The molecule has 198 valence electrons. The number of hydrogen-bond donors (Lipinski definition) is 4. The standard InChI is InChI=1S/C28H32Cl2FN3O3/c1-27(2,3)13-22-28(18-11-20(31)19(30)12-21(18)33-26(28)37)23(14-5-4-6-15(29)9-14)24(34-22)25(36)32-16-7-8-17(35)10-16/h4-6,9,11-12,16-17,22-24,34-35H,7-8,10,13H2,1-3H3,(H,32,36)(H,33,37)/t16?,17-,22+,23-,24+,28-/m0/s1. The second kappa shape index (κ2) is 9.53. The van der Waals surface area contributed by atoms with E-state index in [2.05, 4.69) is 36.7 Å². The summed E-state index contributed by atoms with van der Waals surface area (Å²) in [5.74, 6) is -1.85. The summed E-state index contributed by atoms with van der Waals surface area (Å²) in [5.41, 5.74) is 0.150. The van der Waals surface area contributed by atoms with Crippen LogP contribution < -0.4 is 16.0 Å². The molecule has 9 heteroatoms. The van der Waals surface area contributed by atoms with Crippen molar-refractivity contribution in [3.63, 3.8) is 0 Å². The van der Waals surface area contributed by atoms with E-state index < -0.39 is 35.3 Å². The van der Waals surface area contributed by atoms with Crippen molar-refractivity contribution in [3.05, 3.63) is 63.4 Å². The molecule has 0 bridgehead atoms. The third-order valence-corrected chi connectivity index (χ3v) is 8.47. The molecule has 5 rings (SSSR count). The van der Waals surface area contributed by atoms with Crippen molar-refractivity contribution in [2.24, 2.45) is 5.41 Å². The number of anilines is 1. The fraction of sp³-hybridized carbons (Fsp3) is 0.500. The van der Waals surface area contributed by atoms with Gasteiger partial charge in [-0.25, -0.2) is 4.39 Å². The second-order valence-electron chi connectivity index (χ2n) is 11.8. The number of aliphatic hydroxyl groups excluding tert-OH is 1. The van der Waals surface area contributed by atoms with Crippen molar-refractivity contribution >= 4 is 40.7 Å². The fourth-order valence-electron chi connectivity index (χ4n) is 6.51. The van der Waals surface area contributed by atoms with Crippen LogP contribution in [0.25, 0.3) is 0 Å². The van der Waals surface area contributed by atoms with Crippen LogP contribution in [0.1, 0.15) is 63.5 Å². The Bertz CT molecular complexity index is 1250. The molecule has 1 spiro atoms. The maximum absolute atomic E-state index is 14.9. The molecular formula is C28H32Cl2FN3O3. The summed E-state index contributed by atoms with van der Waals surface area (Å²) in [5, 5.41) is 19.9. The van der Waals surface area contributed by atoms with Gasteiger partial charge in [0.1, 0.15) is 11.2 Å². The minimum absolute atomic E-state index is 0.0807. The van der Waals surface area contributed by atoms with Crippen LogP contribution in [0.4, 0.5) is 10.1 Å². The Hall–Kier alpha value is -2.19. The maximum Gasteiger partial charge on any atom is 0.238 e. The lowest BCUT2D eigenvalue weighted by atomic mass is 9.62. The van der Waals surface area contributed by atoms with E-state index in [0.29, 0.717) is 47.5 Å². The molecule has 4 N–H and O–H groups in total. The van der Waals surface area contributed by atoms with Gasteiger partial charge in [0, 0.05) is 28.7 Å². The van der Waals surface area contributed by atoms with Gasteiger partial charge in [0.25, 0.3) is 0 Å². The topological polar surface area (TPSA) is 90.5 Å². The van der Waals surface area contributed by atoms with Gasteiger partial charge in [0.2, 0.25) is 11.8 Å². The predicted octanol–water partition coefficient (Wildman–Crippen LogP) is 4.91. The number of rotatable bonds is 4. The van der Waals surface area contributed by atoms with Crippen LogP contribution >= 0.6 is 23.2 Å². The predicted molar refractivity (Wildman–Crippen MR) is 142 cm³/mol. The molecule has 2 aliphatic heterocycles. The summed E-state index contributed by atoms with van der Waals surface area (Å²) in [4.78, 5) is 27.9. The lowest BCUT2D eigenvalue weighted by molar-refractivity contribution is -0.124. The lowest BCUT2D eigenvalue weighted by Gasteiger charge is -2.37. The number of carbonyl (C=O) groups excluding carboxylic acids is 2. The Balaban J connectivity index is 1.69. The van der Waals surface area contributed by atoms with Gasteiger partial charge in [-0.05, 0) is 66.5 Å². The number of fused-ring (bicyclic) bond motifs is 2. The van der Waals surface area contributed by atoms with Gasteiger partial charge in [-0.15, -0.1) is 0 Å². The van der Waals surface area contributed by atoms with Crippen molar-refractivity contribution in [2.45, 2.75) is 82.0 Å². The largest absolute Gasteiger partial charge is 0.393 e. The van der Waals surface area contributed by atoms with E-state index in [4.69, 9.17) is 23.2 Å². The highest BCUT2D eigenvalue weighted by Gasteiger charge is 2.66. The fourth-order valence-corrected chi connectivity index (χ4v) is 6.88. The molecule has 0 radical (unpaired) electrons. The van der Waals surface area contributed by atoms with Gasteiger partial charge in [0.05, 0.1) is 17.2 Å². The summed E-state index contributed by atoms with van der Waals surface area (Å²) in [6.07, 6.45) is 1.92. The molecular weight excluding hydrogens is 516 g/mol. The van der Waals surface area contributed by atoms with Gasteiger partial charge in [-0.2, -0.15) is 0 Å². The van der Waals surface area contributed by atoms with E-state index in [0.717, 1.165) is 0 Å². The molecule has 2 aromatic rings. The van der Waals surface area contributed by atoms with E-state index in [1.165, 1.54) is 12.1 Å². The normalized spacial score (nSPS) is 31.0. The number of carbonyl (C=O) groups is 2. The highest BCUT2D eigenvalue weighted by atomic mass is 35.5. The summed E-state index contributed by atoms with van der Waals surface area (Å²) in [7, 11) is 0. The van der Waals surface area contributed by atoms with Crippen molar-refractivity contribution in [1.29, 1.82) is 0 Å². The minimum Gasteiger partial charge on any atom is -0.393 e. The highest BCUT2D eigenvalue weighted by Crippen LogP contribution is 2.57. The number of amides is 2. The molecule has 1 saturated heterocycles. The zero-order valence-corrected chi connectivity index (χ0v) is 22.6. The van der Waals surface area contributed by atoms with Crippen molar-refractivity contribution < 1.29 is 19.1 Å². The summed E-state index contributed by atoms with van der Waals surface area (Å²) in [6, 6.07) is 8.51. The first kappa shape index (κ1) is 26.4. The number of hydrogen-bond acceptors (Lipinski definition) is 4. The van der Waals surface area contributed by atoms with E-state index in [1.807, 2.05) is 6.07 Å². The molecule has 6 nitrogen and oxygen atoms in total. The van der Waals surface area contributed by atoms with Crippen molar-refractivity contribution in [3.8, 4) is 0 Å². The Morgan fingerprint density at radius 2 is 1.97 bits per heavy atom. The van der Waals surface area contributed by atoms with E-state index in [-0.39, 0.29) is 28.3 Å². The smallest absolute Gasteiger partial charge is 0.238 e. The summed E-state index contributed by atoms with van der Waals surface area (Å²) >= 11 is 12.5. The van der Waals surface area contributed by atoms with Crippen LogP contribution in [0.5, 0.6) is 0 Å². The zero-order valence-electron chi connectivity index (χ0n) is 21.1. The number of nitrogens with one attached hydrogen (secondary N) is 3. The first-order valence-electron chi connectivity index (χ1n) is 12.7. The summed E-state index contributed by atoms with van der Waals surface area (Å²) in [6.45, 7) is 6.21. The average Bonchev–Trinajstić information content (AvgIpc) is 3.43.